The maximum atomic E-state index is 11.9. The molecule has 124 valence electrons. The summed E-state index contributed by atoms with van der Waals surface area (Å²) >= 11 is 0. The molecule has 0 heterocycles. The molecular weight excluding hydrogens is 300 g/mol. The lowest BCUT2D eigenvalue weighted by atomic mass is 10.1. The molecule has 0 bridgehead atoms. The third-order valence-electron chi connectivity index (χ3n) is 3.58. The molecule has 0 radical (unpaired) electrons. The Morgan fingerprint density at radius 2 is 1.62 bits per heavy atom. The molecule has 2 aromatic rings. The normalized spacial score (nSPS) is 10.6. The smallest absolute Gasteiger partial charge is 0.253 e. The van der Waals surface area contributed by atoms with Crippen LogP contribution in [0, 0.1) is 6.92 Å². The third kappa shape index (κ3) is 5.09. The highest BCUT2D eigenvalue weighted by Gasteiger charge is 2.06. The number of benzene rings is 2. The molecule has 0 unspecified atom stereocenters. The van der Waals surface area contributed by atoms with Gasteiger partial charge in [-0.3, -0.25) is 9.59 Å². The van der Waals surface area contributed by atoms with Crippen molar-refractivity contribution in [3.05, 3.63) is 76.9 Å². The van der Waals surface area contributed by atoms with Gasteiger partial charge in [0, 0.05) is 32.3 Å². The van der Waals surface area contributed by atoms with Crippen molar-refractivity contribution >= 4 is 17.9 Å². The van der Waals surface area contributed by atoms with Crippen molar-refractivity contribution in [3.63, 3.8) is 0 Å². The summed E-state index contributed by atoms with van der Waals surface area (Å²) in [6.45, 7) is 2.53. The van der Waals surface area contributed by atoms with Gasteiger partial charge < -0.3 is 10.2 Å². The highest BCUT2D eigenvalue weighted by atomic mass is 16.2. The van der Waals surface area contributed by atoms with E-state index in [1.807, 2.05) is 43.3 Å². The maximum absolute atomic E-state index is 11.9. The molecular formula is C20H22N2O2. The van der Waals surface area contributed by atoms with Crippen molar-refractivity contribution in [2.75, 3.05) is 14.1 Å². The first-order chi connectivity index (χ1) is 11.5. The predicted octanol–water partition coefficient (Wildman–Crippen LogP) is 3.03. The molecule has 1 N–H and O–H groups in total. The summed E-state index contributed by atoms with van der Waals surface area (Å²) < 4.78 is 0. The Bertz CT molecular complexity index is 729. The number of carbonyl (C=O) groups is 2. The third-order valence-corrected chi connectivity index (χ3v) is 3.58. The first-order valence-electron chi connectivity index (χ1n) is 7.79. The fourth-order valence-electron chi connectivity index (χ4n) is 2.12. The molecule has 4 heteroatoms. The standard InChI is InChI=1S/C20H22N2O2/c1-15-4-6-17(7-5-15)14-21-19(23)13-10-16-8-11-18(12-9-16)20(24)22(2)3/h4-13H,14H2,1-3H3,(H,21,23)/b13-10+. The van der Waals surface area contributed by atoms with E-state index in [4.69, 9.17) is 0 Å². The van der Waals surface area contributed by atoms with Crippen LogP contribution in [0.1, 0.15) is 27.0 Å². The fraction of sp³-hybridized carbons (Fsp3) is 0.200. The number of nitrogens with zero attached hydrogens (tertiary/aromatic N) is 1. The van der Waals surface area contributed by atoms with Gasteiger partial charge in [-0.15, -0.1) is 0 Å². The van der Waals surface area contributed by atoms with Gasteiger partial charge in [0.2, 0.25) is 5.91 Å². The van der Waals surface area contributed by atoms with Crippen LogP contribution in [0.5, 0.6) is 0 Å². The van der Waals surface area contributed by atoms with Crippen LogP contribution in [0.15, 0.2) is 54.6 Å². The Balaban J connectivity index is 1.89. The van der Waals surface area contributed by atoms with Gasteiger partial charge in [0.05, 0.1) is 0 Å². The lowest BCUT2D eigenvalue weighted by Crippen LogP contribution is -2.21. The monoisotopic (exact) mass is 322 g/mol. The minimum absolute atomic E-state index is 0.0404. The van der Waals surface area contributed by atoms with Crippen molar-refractivity contribution in [2.24, 2.45) is 0 Å². The summed E-state index contributed by atoms with van der Waals surface area (Å²) in [4.78, 5) is 25.2. The molecule has 0 aliphatic carbocycles. The summed E-state index contributed by atoms with van der Waals surface area (Å²) in [6.07, 6.45) is 3.23. The van der Waals surface area contributed by atoms with E-state index < -0.39 is 0 Å². The number of amides is 2. The molecule has 24 heavy (non-hydrogen) atoms. The van der Waals surface area contributed by atoms with Gasteiger partial charge in [-0.05, 0) is 36.3 Å². The summed E-state index contributed by atoms with van der Waals surface area (Å²) in [5.74, 6) is -0.189. The highest BCUT2D eigenvalue weighted by Crippen LogP contribution is 2.08. The quantitative estimate of drug-likeness (QED) is 0.860. The maximum Gasteiger partial charge on any atom is 0.253 e. The van der Waals surface area contributed by atoms with E-state index in [2.05, 4.69) is 5.32 Å². The molecule has 0 fully saturated rings. The van der Waals surface area contributed by atoms with Gasteiger partial charge >= 0.3 is 0 Å². The van der Waals surface area contributed by atoms with Crippen LogP contribution in [0.4, 0.5) is 0 Å². The molecule has 4 nitrogen and oxygen atoms in total. The van der Waals surface area contributed by atoms with Gasteiger partial charge in [0.15, 0.2) is 0 Å². The zero-order chi connectivity index (χ0) is 17.5. The number of hydrogen-bond donors (Lipinski definition) is 1. The average Bonchev–Trinajstić information content (AvgIpc) is 2.59. The van der Waals surface area contributed by atoms with E-state index in [-0.39, 0.29) is 11.8 Å². The summed E-state index contributed by atoms with van der Waals surface area (Å²) in [5, 5.41) is 2.85. The largest absolute Gasteiger partial charge is 0.348 e. The van der Waals surface area contributed by atoms with Gasteiger partial charge in [-0.25, -0.2) is 0 Å². The van der Waals surface area contributed by atoms with E-state index in [1.165, 1.54) is 16.5 Å². The lowest BCUT2D eigenvalue weighted by Gasteiger charge is -2.09. The lowest BCUT2D eigenvalue weighted by molar-refractivity contribution is -0.116. The van der Waals surface area contributed by atoms with E-state index >= 15 is 0 Å². The van der Waals surface area contributed by atoms with Crippen molar-refractivity contribution in [2.45, 2.75) is 13.5 Å². The first-order valence-corrected chi connectivity index (χ1v) is 7.79. The van der Waals surface area contributed by atoms with Gasteiger partial charge in [0.1, 0.15) is 0 Å². The van der Waals surface area contributed by atoms with Crippen molar-refractivity contribution in [1.82, 2.24) is 10.2 Å². The first kappa shape index (κ1) is 17.5. The minimum Gasteiger partial charge on any atom is -0.348 e. The summed E-state index contributed by atoms with van der Waals surface area (Å²) in [6, 6.07) is 15.2. The van der Waals surface area contributed by atoms with Crippen LogP contribution in [-0.2, 0) is 11.3 Å². The summed E-state index contributed by atoms with van der Waals surface area (Å²) in [7, 11) is 3.43. The van der Waals surface area contributed by atoms with Crippen LogP contribution in [0.3, 0.4) is 0 Å². The molecule has 2 aromatic carbocycles. The number of aryl methyl sites for hydroxylation is 1. The molecule has 0 saturated heterocycles. The zero-order valence-electron chi connectivity index (χ0n) is 14.2. The Kier molecular flexibility index (Phi) is 5.90. The second kappa shape index (κ2) is 8.11. The van der Waals surface area contributed by atoms with E-state index in [0.29, 0.717) is 12.1 Å². The fourth-order valence-corrected chi connectivity index (χ4v) is 2.12. The number of nitrogens with one attached hydrogen (secondary N) is 1. The molecule has 0 aliphatic heterocycles. The molecule has 0 saturated carbocycles. The number of hydrogen-bond acceptors (Lipinski definition) is 2. The highest BCUT2D eigenvalue weighted by molar-refractivity contribution is 5.94. The Labute approximate surface area is 142 Å². The zero-order valence-corrected chi connectivity index (χ0v) is 14.2. The van der Waals surface area contributed by atoms with E-state index in [1.54, 1.807) is 32.3 Å². The van der Waals surface area contributed by atoms with Crippen LogP contribution in [-0.4, -0.2) is 30.8 Å². The molecule has 2 rings (SSSR count). The Morgan fingerprint density at radius 1 is 1.00 bits per heavy atom. The van der Waals surface area contributed by atoms with Gasteiger partial charge in [-0.1, -0.05) is 42.0 Å². The molecule has 2 amide bonds. The summed E-state index contributed by atoms with van der Waals surface area (Å²) in [5.41, 5.74) is 3.76. The van der Waals surface area contributed by atoms with Crippen LogP contribution >= 0.6 is 0 Å². The van der Waals surface area contributed by atoms with Crippen LogP contribution < -0.4 is 5.32 Å². The van der Waals surface area contributed by atoms with Crippen molar-refractivity contribution < 1.29 is 9.59 Å². The van der Waals surface area contributed by atoms with Gasteiger partial charge in [0.25, 0.3) is 5.91 Å². The van der Waals surface area contributed by atoms with Crippen molar-refractivity contribution in [1.29, 1.82) is 0 Å². The van der Waals surface area contributed by atoms with Crippen molar-refractivity contribution in [3.8, 4) is 0 Å². The number of rotatable bonds is 5. The van der Waals surface area contributed by atoms with E-state index in [0.717, 1.165) is 11.1 Å². The number of carbonyl (C=O) groups excluding carboxylic acids is 2. The molecule has 0 spiro atoms. The molecule has 0 aliphatic rings. The van der Waals surface area contributed by atoms with Crippen LogP contribution in [0.2, 0.25) is 0 Å². The van der Waals surface area contributed by atoms with Gasteiger partial charge in [-0.2, -0.15) is 0 Å². The van der Waals surface area contributed by atoms with E-state index in [9.17, 15) is 9.59 Å². The minimum atomic E-state index is -0.149. The second-order valence-electron chi connectivity index (χ2n) is 5.86. The molecule has 0 atom stereocenters. The average molecular weight is 322 g/mol. The Morgan fingerprint density at radius 3 is 2.21 bits per heavy atom. The SMILES string of the molecule is Cc1ccc(CNC(=O)/C=C/c2ccc(C(=O)N(C)C)cc2)cc1. The Hall–Kier alpha value is -2.88. The topological polar surface area (TPSA) is 49.4 Å². The predicted molar refractivity (Wildman–Crippen MR) is 96.5 cm³/mol. The second-order valence-corrected chi connectivity index (χ2v) is 5.86. The van der Waals surface area contributed by atoms with Crippen LogP contribution in [0.25, 0.3) is 6.08 Å². The molecule has 0 aromatic heterocycles.